The van der Waals surface area contributed by atoms with E-state index in [9.17, 15) is 4.39 Å². The van der Waals surface area contributed by atoms with Gasteiger partial charge in [0.2, 0.25) is 11.9 Å². The Balaban J connectivity index is 1.86. The number of halogens is 2. The van der Waals surface area contributed by atoms with E-state index in [0.29, 0.717) is 29.0 Å². The van der Waals surface area contributed by atoms with E-state index in [2.05, 4.69) is 20.4 Å². The molecule has 0 aliphatic rings. The molecule has 0 saturated carbocycles. The first kappa shape index (κ1) is 16.4. The molecule has 0 bridgehead atoms. The Bertz CT molecular complexity index is 850. The van der Waals surface area contributed by atoms with E-state index in [1.54, 1.807) is 31.0 Å². The quantitative estimate of drug-likeness (QED) is 0.715. The van der Waals surface area contributed by atoms with E-state index in [0.717, 1.165) is 11.3 Å². The molecule has 0 fully saturated rings. The van der Waals surface area contributed by atoms with Gasteiger partial charge in [-0.2, -0.15) is 9.37 Å². The van der Waals surface area contributed by atoms with E-state index >= 15 is 0 Å². The number of hydrogen-bond donors (Lipinski definition) is 1. The van der Waals surface area contributed by atoms with Crippen LogP contribution < -0.4 is 5.32 Å². The average Bonchev–Trinajstić information content (AvgIpc) is 2.92. The molecule has 124 valence electrons. The van der Waals surface area contributed by atoms with Gasteiger partial charge in [-0.1, -0.05) is 11.6 Å². The summed E-state index contributed by atoms with van der Waals surface area (Å²) in [6, 6.07) is 8.38. The van der Waals surface area contributed by atoms with Crippen molar-refractivity contribution in [1.82, 2.24) is 19.7 Å². The number of rotatable bonds is 5. The summed E-state index contributed by atoms with van der Waals surface area (Å²) >= 11 is 6.13. The number of anilines is 2. The van der Waals surface area contributed by atoms with Crippen molar-refractivity contribution in [1.29, 1.82) is 0 Å². The van der Waals surface area contributed by atoms with Crippen LogP contribution in [0.3, 0.4) is 0 Å². The lowest BCUT2D eigenvalue weighted by Crippen LogP contribution is -2.01. The van der Waals surface area contributed by atoms with Gasteiger partial charge in [0.25, 0.3) is 0 Å². The first-order chi connectivity index (χ1) is 11.6. The zero-order chi connectivity index (χ0) is 17.1. The zero-order valence-corrected chi connectivity index (χ0v) is 13.9. The van der Waals surface area contributed by atoms with Crippen molar-refractivity contribution in [2.24, 2.45) is 7.05 Å². The van der Waals surface area contributed by atoms with Gasteiger partial charge < -0.3 is 10.1 Å². The summed E-state index contributed by atoms with van der Waals surface area (Å²) in [5.41, 5.74) is 2.32. The van der Waals surface area contributed by atoms with Crippen molar-refractivity contribution in [3.8, 4) is 11.4 Å². The van der Waals surface area contributed by atoms with Gasteiger partial charge in [-0.3, -0.25) is 0 Å². The number of aryl methyl sites for hydroxylation is 1. The normalized spacial score (nSPS) is 10.8. The molecule has 1 N–H and O–H groups in total. The van der Waals surface area contributed by atoms with Gasteiger partial charge in [0.15, 0.2) is 5.82 Å². The number of hydrogen-bond acceptors (Lipinski definition) is 5. The van der Waals surface area contributed by atoms with Crippen LogP contribution in [0.5, 0.6) is 0 Å². The highest BCUT2D eigenvalue weighted by Gasteiger charge is 2.11. The number of aromatic nitrogens is 4. The van der Waals surface area contributed by atoms with E-state index in [1.165, 1.54) is 12.3 Å². The van der Waals surface area contributed by atoms with Crippen LogP contribution >= 0.6 is 11.6 Å². The van der Waals surface area contributed by atoms with Crippen molar-refractivity contribution >= 4 is 23.2 Å². The van der Waals surface area contributed by atoms with E-state index in [4.69, 9.17) is 16.3 Å². The molecular weight excluding hydrogens is 333 g/mol. The molecule has 0 radical (unpaired) electrons. The molecule has 0 amide bonds. The average molecular weight is 348 g/mol. The Morgan fingerprint density at radius 2 is 2.12 bits per heavy atom. The van der Waals surface area contributed by atoms with Crippen LogP contribution in [0.25, 0.3) is 11.4 Å². The summed E-state index contributed by atoms with van der Waals surface area (Å²) in [7, 11) is 3.38. The third-order valence-corrected chi connectivity index (χ3v) is 3.72. The van der Waals surface area contributed by atoms with Gasteiger partial charge in [-0.15, -0.1) is 5.10 Å². The van der Waals surface area contributed by atoms with Crippen LogP contribution in [0.2, 0.25) is 5.02 Å². The number of ether oxygens (including phenoxy) is 1. The standard InChI is InChI=1S/C16H15ClFN5O/c1-23-16(20-12-4-5-13(17)11(7-12)9-24-2)21-15(22-23)10-3-6-14(18)19-8-10/h3-8H,9H2,1-2H3,(H,20,21,22). The van der Waals surface area contributed by atoms with Crippen LogP contribution in [0, 0.1) is 5.95 Å². The van der Waals surface area contributed by atoms with Gasteiger partial charge in [0.1, 0.15) is 0 Å². The summed E-state index contributed by atoms with van der Waals surface area (Å²) in [6.45, 7) is 0.416. The minimum absolute atomic E-state index is 0.416. The highest BCUT2D eigenvalue weighted by Crippen LogP contribution is 2.24. The van der Waals surface area contributed by atoms with Crippen molar-refractivity contribution in [3.05, 3.63) is 53.1 Å². The molecule has 6 nitrogen and oxygen atoms in total. The van der Waals surface area contributed by atoms with Gasteiger partial charge in [-0.25, -0.2) is 9.67 Å². The third-order valence-electron chi connectivity index (χ3n) is 3.35. The molecule has 0 aliphatic heterocycles. The van der Waals surface area contributed by atoms with Gasteiger partial charge in [0, 0.05) is 36.6 Å². The SMILES string of the molecule is COCc1cc(Nc2nc(-c3ccc(F)nc3)nn2C)ccc1Cl. The Labute approximate surface area is 143 Å². The predicted molar refractivity (Wildman–Crippen MR) is 89.6 cm³/mol. The van der Waals surface area contributed by atoms with Crippen LogP contribution in [-0.2, 0) is 18.4 Å². The molecule has 8 heteroatoms. The Kier molecular flexibility index (Phi) is 4.73. The fourth-order valence-corrected chi connectivity index (χ4v) is 2.34. The van der Waals surface area contributed by atoms with Gasteiger partial charge in [0.05, 0.1) is 6.61 Å². The first-order valence-electron chi connectivity index (χ1n) is 7.14. The second-order valence-corrected chi connectivity index (χ2v) is 5.52. The summed E-state index contributed by atoms with van der Waals surface area (Å²) in [5.74, 6) is 0.457. The van der Waals surface area contributed by atoms with E-state index in [1.807, 2.05) is 12.1 Å². The maximum absolute atomic E-state index is 12.9. The molecule has 24 heavy (non-hydrogen) atoms. The van der Waals surface area contributed by atoms with Crippen LogP contribution in [-0.4, -0.2) is 26.9 Å². The largest absolute Gasteiger partial charge is 0.380 e. The molecule has 3 aromatic rings. The van der Waals surface area contributed by atoms with Crippen LogP contribution in [0.4, 0.5) is 16.0 Å². The lowest BCUT2D eigenvalue weighted by atomic mass is 10.2. The minimum atomic E-state index is -0.542. The lowest BCUT2D eigenvalue weighted by Gasteiger charge is -2.08. The number of nitrogens with one attached hydrogen (secondary N) is 1. The molecule has 1 aromatic carbocycles. The zero-order valence-electron chi connectivity index (χ0n) is 13.1. The molecule has 0 spiro atoms. The van der Waals surface area contributed by atoms with Crippen molar-refractivity contribution in [2.75, 3.05) is 12.4 Å². The number of nitrogens with zero attached hydrogens (tertiary/aromatic N) is 4. The molecular formula is C16H15ClFN5O. The predicted octanol–water partition coefficient (Wildman–Crippen LogP) is 3.56. The summed E-state index contributed by atoms with van der Waals surface area (Å²) < 4.78 is 19.6. The van der Waals surface area contributed by atoms with E-state index < -0.39 is 5.95 Å². The molecule has 0 saturated heterocycles. The Hall–Kier alpha value is -2.51. The van der Waals surface area contributed by atoms with Gasteiger partial charge in [-0.05, 0) is 35.9 Å². The highest BCUT2D eigenvalue weighted by atomic mass is 35.5. The maximum atomic E-state index is 12.9. The summed E-state index contributed by atoms with van der Waals surface area (Å²) in [4.78, 5) is 8.03. The van der Waals surface area contributed by atoms with Crippen LogP contribution in [0.15, 0.2) is 36.5 Å². The fraction of sp³-hybridized carbons (Fsp3) is 0.188. The lowest BCUT2D eigenvalue weighted by molar-refractivity contribution is 0.185. The molecule has 3 rings (SSSR count). The van der Waals surface area contributed by atoms with Gasteiger partial charge >= 0.3 is 0 Å². The molecule has 0 atom stereocenters. The van der Waals surface area contributed by atoms with Crippen LogP contribution in [0.1, 0.15) is 5.56 Å². The van der Waals surface area contributed by atoms with Crippen molar-refractivity contribution in [2.45, 2.75) is 6.61 Å². The molecule has 0 unspecified atom stereocenters. The Morgan fingerprint density at radius 3 is 2.83 bits per heavy atom. The summed E-state index contributed by atoms with van der Waals surface area (Å²) in [5, 5.41) is 8.13. The first-order valence-corrected chi connectivity index (χ1v) is 7.52. The Morgan fingerprint density at radius 1 is 1.29 bits per heavy atom. The minimum Gasteiger partial charge on any atom is -0.380 e. The maximum Gasteiger partial charge on any atom is 0.225 e. The topological polar surface area (TPSA) is 64.9 Å². The van der Waals surface area contributed by atoms with E-state index in [-0.39, 0.29) is 0 Å². The molecule has 0 aliphatic carbocycles. The monoisotopic (exact) mass is 347 g/mol. The number of pyridine rings is 1. The molecule has 2 heterocycles. The second-order valence-electron chi connectivity index (χ2n) is 5.12. The van der Waals surface area contributed by atoms with Crippen molar-refractivity contribution < 1.29 is 9.13 Å². The molecule has 2 aromatic heterocycles. The fourth-order valence-electron chi connectivity index (χ4n) is 2.17. The number of benzene rings is 1. The third kappa shape index (κ3) is 3.52. The smallest absolute Gasteiger partial charge is 0.225 e. The number of methoxy groups -OCH3 is 1. The second kappa shape index (κ2) is 6.94. The summed E-state index contributed by atoms with van der Waals surface area (Å²) in [6.07, 6.45) is 1.40. The van der Waals surface area contributed by atoms with Crippen molar-refractivity contribution in [3.63, 3.8) is 0 Å². The highest BCUT2D eigenvalue weighted by molar-refractivity contribution is 6.31.